The van der Waals surface area contributed by atoms with Crippen molar-refractivity contribution in [2.45, 2.75) is 31.9 Å². The van der Waals surface area contributed by atoms with Gasteiger partial charge in [-0.15, -0.1) is 6.42 Å². The lowest BCUT2D eigenvalue weighted by molar-refractivity contribution is -0.126. The van der Waals surface area contributed by atoms with E-state index in [9.17, 15) is 4.79 Å². The number of benzene rings is 2. The van der Waals surface area contributed by atoms with Crippen molar-refractivity contribution in [2.24, 2.45) is 4.99 Å². The molecule has 1 saturated heterocycles. The van der Waals surface area contributed by atoms with Crippen molar-refractivity contribution in [3.8, 4) is 23.8 Å². The van der Waals surface area contributed by atoms with Gasteiger partial charge in [0.2, 0.25) is 5.91 Å². The van der Waals surface area contributed by atoms with Gasteiger partial charge in [0.1, 0.15) is 18.1 Å². The Morgan fingerprint density at radius 3 is 2.37 bits per heavy atom. The van der Waals surface area contributed by atoms with Crippen LogP contribution in [0.3, 0.4) is 0 Å². The molecule has 1 atom stereocenters. The average Bonchev–Trinajstić information content (AvgIpc) is 3.04. The molecule has 1 fully saturated rings. The van der Waals surface area contributed by atoms with Gasteiger partial charge in [-0.3, -0.25) is 9.69 Å². The summed E-state index contributed by atoms with van der Waals surface area (Å²) < 4.78 is 10.9. The molecule has 6 heteroatoms. The predicted octanol–water partition coefficient (Wildman–Crippen LogP) is 4.68. The summed E-state index contributed by atoms with van der Waals surface area (Å²) in [4.78, 5) is 19.5. The Bertz CT molecular complexity index is 917. The van der Waals surface area contributed by atoms with Crippen molar-refractivity contribution in [3.05, 3.63) is 54.1 Å². The van der Waals surface area contributed by atoms with Gasteiger partial charge in [0.25, 0.3) is 0 Å². The number of hydrogen-bond acceptors (Lipinski definition) is 5. The molecular formula is C24H26N2O3S. The van der Waals surface area contributed by atoms with E-state index in [1.807, 2.05) is 55.5 Å². The lowest BCUT2D eigenvalue weighted by atomic mass is 10.1. The molecule has 3 rings (SSSR count). The third kappa shape index (κ3) is 5.58. The van der Waals surface area contributed by atoms with Gasteiger partial charge in [0.15, 0.2) is 5.17 Å². The number of amidine groups is 1. The van der Waals surface area contributed by atoms with Crippen LogP contribution in [0.1, 0.15) is 25.8 Å². The third-order valence-corrected chi connectivity index (χ3v) is 5.68. The maximum atomic E-state index is 13.0. The van der Waals surface area contributed by atoms with Gasteiger partial charge in [-0.05, 0) is 61.7 Å². The van der Waals surface area contributed by atoms with Crippen LogP contribution in [-0.2, 0) is 11.2 Å². The number of carbonyl (C=O) groups excluding carboxylic acids is 1. The molecular weight excluding hydrogens is 396 g/mol. The molecule has 0 radical (unpaired) electrons. The molecule has 1 amide bonds. The van der Waals surface area contributed by atoms with Crippen molar-refractivity contribution in [3.63, 3.8) is 0 Å². The number of ether oxygens (including phenoxy) is 2. The highest BCUT2D eigenvalue weighted by Crippen LogP contribution is 2.32. The molecule has 0 aliphatic carbocycles. The minimum absolute atomic E-state index is 0.110. The fourth-order valence-electron chi connectivity index (χ4n) is 3.11. The zero-order valence-electron chi connectivity index (χ0n) is 17.3. The van der Waals surface area contributed by atoms with Crippen LogP contribution in [0.4, 0.5) is 5.69 Å². The maximum Gasteiger partial charge on any atom is 0.242 e. The smallest absolute Gasteiger partial charge is 0.242 e. The lowest BCUT2D eigenvalue weighted by Crippen LogP contribution is -2.33. The van der Waals surface area contributed by atoms with Crippen molar-refractivity contribution < 1.29 is 14.3 Å². The molecule has 0 spiro atoms. The Labute approximate surface area is 182 Å². The molecule has 2 aromatic rings. The SMILES string of the molecule is C#CCOc1ccc(C[C@@H]2SC(=Nc3ccc(OCC)cc3)N(CCC)C2=O)cc1. The Morgan fingerprint density at radius 1 is 1.07 bits per heavy atom. The van der Waals surface area contributed by atoms with E-state index in [0.717, 1.165) is 34.3 Å². The van der Waals surface area contributed by atoms with E-state index in [1.165, 1.54) is 11.8 Å². The summed E-state index contributed by atoms with van der Waals surface area (Å²) in [5.41, 5.74) is 1.89. The molecule has 2 aromatic carbocycles. The standard InChI is InChI=1S/C24H26N2O3S/c1-4-15-26-23(27)22(17-18-7-11-21(12-8-18)29-16-5-2)30-24(26)25-19-9-13-20(14-10-19)28-6-3/h2,7-14,22H,4,6,15-17H2,1,3H3/t22-/m0/s1. The molecule has 1 aliphatic rings. The van der Waals surface area contributed by atoms with Crippen LogP contribution in [-0.4, -0.2) is 41.0 Å². The minimum atomic E-state index is -0.185. The summed E-state index contributed by atoms with van der Waals surface area (Å²) in [6, 6.07) is 15.3. The lowest BCUT2D eigenvalue weighted by Gasteiger charge is -2.15. The zero-order valence-corrected chi connectivity index (χ0v) is 18.2. The Kier molecular flexibility index (Phi) is 7.81. The van der Waals surface area contributed by atoms with Crippen molar-refractivity contribution >= 4 is 28.5 Å². The van der Waals surface area contributed by atoms with E-state index >= 15 is 0 Å². The van der Waals surface area contributed by atoms with Gasteiger partial charge in [-0.25, -0.2) is 4.99 Å². The molecule has 1 aliphatic heterocycles. The molecule has 0 bridgehead atoms. The fraction of sp³-hybridized carbons (Fsp3) is 0.333. The van der Waals surface area contributed by atoms with Crippen LogP contribution in [0, 0.1) is 12.3 Å². The molecule has 5 nitrogen and oxygen atoms in total. The van der Waals surface area contributed by atoms with Crippen molar-refractivity contribution in [1.82, 2.24) is 4.90 Å². The second-order valence-electron chi connectivity index (χ2n) is 6.76. The summed E-state index contributed by atoms with van der Waals surface area (Å²) >= 11 is 1.53. The second kappa shape index (κ2) is 10.7. The summed E-state index contributed by atoms with van der Waals surface area (Å²) in [6.45, 7) is 5.55. The van der Waals surface area contributed by atoms with Gasteiger partial charge in [-0.2, -0.15) is 0 Å². The number of amides is 1. The Morgan fingerprint density at radius 2 is 1.73 bits per heavy atom. The van der Waals surface area contributed by atoms with E-state index in [1.54, 1.807) is 4.90 Å². The van der Waals surface area contributed by atoms with Gasteiger partial charge in [0, 0.05) is 6.54 Å². The van der Waals surface area contributed by atoms with Crippen LogP contribution in [0.25, 0.3) is 0 Å². The molecule has 0 aromatic heterocycles. The number of thioether (sulfide) groups is 1. The van der Waals surface area contributed by atoms with Crippen LogP contribution < -0.4 is 9.47 Å². The first-order valence-electron chi connectivity index (χ1n) is 10.1. The number of aliphatic imine (C=N–C) groups is 1. The first-order valence-corrected chi connectivity index (χ1v) is 11.0. The fourth-order valence-corrected chi connectivity index (χ4v) is 4.33. The Hall–Kier alpha value is -2.91. The first-order chi connectivity index (χ1) is 14.6. The van der Waals surface area contributed by atoms with E-state index in [0.29, 0.717) is 19.6 Å². The quantitative estimate of drug-likeness (QED) is 0.551. The number of terminal acetylenes is 1. The van der Waals surface area contributed by atoms with E-state index < -0.39 is 0 Å². The molecule has 0 N–H and O–H groups in total. The predicted molar refractivity (Wildman–Crippen MR) is 123 cm³/mol. The van der Waals surface area contributed by atoms with Crippen LogP contribution >= 0.6 is 11.8 Å². The largest absolute Gasteiger partial charge is 0.494 e. The molecule has 30 heavy (non-hydrogen) atoms. The molecule has 0 saturated carbocycles. The Balaban J connectivity index is 1.73. The number of rotatable bonds is 9. The van der Waals surface area contributed by atoms with E-state index in [2.05, 4.69) is 12.8 Å². The topological polar surface area (TPSA) is 51.1 Å². The number of nitrogens with zero attached hydrogens (tertiary/aromatic N) is 2. The first kappa shape index (κ1) is 21.8. The molecule has 1 heterocycles. The van der Waals surface area contributed by atoms with Crippen LogP contribution in [0.2, 0.25) is 0 Å². The molecule has 0 unspecified atom stereocenters. The highest BCUT2D eigenvalue weighted by Gasteiger charge is 2.37. The second-order valence-corrected chi connectivity index (χ2v) is 7.93. The van der Waals surface area contributed by atoms with Gasteiger partial charge >= 0.3 is 0 Å². The zero-order chi connectivity index (χ0) is 21.3. The maximum absolute atomic E-state index is 13.0. The third-order valence-electron chi connectivity index (χ3n) is 4.51. The van der Waals surface area contributed by atoms with E-state index in [-0.39, 0.29) is 17.8 Å². The van der Waals surface area contributed by atoms with Crippen molar-refractivity contribution in [1.29, 1.82) is 0 Å². The monoisotopic (exact) mass is 422 g/mol. The highest BCUT2D eigenvalue weighted by molar-refractivity contribution is 8.15. The summed E-state index contributed by atoms with van der Waals surface area (Å²) in [7, 11) is 0. The number of carbonyl (C=O) groups is 1. The van der Waals surface area contributed by atoms with Gasteiger partial charge < -0.3 is 9.47 Å². The molecule has 156 valence electrons. The van der Waals surface area contributed by atoms with E-state index in [4.69, 9.17) is 20.9 Å². The van der Waals surface area contributed by atoms with Crippen LogP contribution in [0.15, 0.2) is 53.5 Å². The van der Waals surface area contributed by atoms with Gasteiger partial charge in [-0.1, -0.05) is 36.7 Å². The van der Waals surface area contributed by atoms with Crippen molar-refractivity contribution in [2.75, 3.05) is 19.8 Å². The summed E-state index contributed by atoms with van der Waals surface area (Å²) in [6.07, 6.45) is 6.74. The minimum Gasteiger partial charge on any atom is -0.494 e. The number of hydrogen-bond donors (Lipinski definition) is 0. The summed E-state index contributed by atoms with van der Waals surface area (Å²) in [5, 5.41) is 0.570. The van der Waals surface area contributed by atoms with Crippen LogP contribution in [0.5, 0.6) is 11.5 Å². The average molecular weight is 423 g/mol. The normalized spacial score (nSPS) is 17.2. The van der Waals surface area contributed by atoms with Gasteiger partial charge in [0.05, 0.1) is 17.5 Å². The highest BCUT2D eigenvalue weighted by atomic mass is 32.2. The summed E-state index contributed by atoms with van der Waals surface area (Å²) in [5.74, 6) is 4.10.